The topological polar surface area (TPSA) is 143 Å². The van der Waals surface area contributed by atoms with Gasteiger partial charge < -0.3 is 34.6 Å². The number of carbonyl (C=O) groups is 2. The van der Waals surface area contributed by atoms with Crippen LogP contribution < -0.4 is 0 Å². The first-order chi connectivity index (χ1) is 14.9. The lowest BCUT2D eigenvalue weighted by Gasteiger charge is -2.33. The van der Waals surface area contributed by atoms with E-state index in [2.05, 4.69) is 0 Å². The number of phenolic OH excluding ortho intramolecular Hbond substituents is 2. The molecule has 9 heteroatoms. The van der Waals surface area contributed by atoms with Gasteiger partial charge in [0, 0.05) is 16.7 Å². The summed E-state index contributed by atoms with van der Waals surface area (Å²) in [7, 11) is 0. The summed E-state index contributed by atoms with van der Waals surface area (Å²) in [6.45, 7) is 4.71. The normalized spacial score (nSPS) is 31.2. The fourth-order valence-corrected chi connectivity index (χ4v) is 4.73. The van der Waals surface area contributed by atoms with Crippen LogP contribution in [0.2, 0.25) is 0 Å². The van der Waals surface area contributed by atoms with Gasteiger partial charge in [-0.1, -0.05) is 24.3 Å². The molecule has 4 N–H and O–H groups in total. The van der Waals surface area contributed by atoms with Crippen LogP contribution in [0.15, 0.2) is 30.3 Å². The quantitative estimate of drug-likeness (QED) is 0.435. The zero-order valence-electron chi connectivity index (χ0n) is 17.5. The van der Waals surface area contributed by atoms with Gasteiger partial charge in [0.1, 0.15) is 35.4 Å². The maximum absolute atomic E-state index is 13.1. The Labute approximate surface area is 182 Å². The fourth-order valence-electron chi connectivity index (χ4n) is 4.73. The highest BCUT2D eigenvalue weighted by atomic mass is 16.8. The van der Waals surface area contributed by atoms with E-state index in [1.807, 2.05) is 0 Å². The Morgan fingerprint density at radius 1 is 0.969 bits per heavy atom. The van der Waals surface area contributed by atoms with Crippen molar-refractivity contribution in [3.8, 4) is 11.5 Å². The van der Waals surface area contributed by atoms with Crippen LogP contribution in [0.3, 0.4) is 0 Å². The minimum absolute atomic E-state index is 0.0778. The van der Waals surface area contributed by atoms with Gasteiger partial charge in [-0.25, -0.2) is 0 Å². The summed E-state index contributed by atoms with van der Waals surface area (Å²) < 4.78 is 17.0. The number of benzene rings is 2. The molecule has 9 nitrogen and oxygen atoms in total. The number of rotatable bonds is 2. The van der Waals surface area contributed by atoms with Crippen molar-refractivity contribution in [3.63, 3.8) is 0 Å². The minimum atomic E-state index is -1.73. The summed E-state index contributed by atoms with van der Waals surface area (Å²) in [6, 6.07) is 7.07. The van der Waals surface area contributed by atoms with Gasteiger partial charge in [-0.15, -0.1) is 0 Å². The van der Waals surface area contributed by atoms with E-state index in [4.69, 9.17) is 14.2 Å². The Bertz CT molecular complexity index is 1170. The first kappa shape index (κ1) is 21.0. The number of ketones is 2. The van der Waals surface area contributed by atoms with E-state index in [0.717, 1.165) is 6.07 Å². The highest BCUT2D eigenvalue weighted by Gasteiger charge is 2.63. The van der Waals surface area contributed by atoms with E-state index < -0.39 is 64.6 Å². The van der Waals surface area contributed by atoms with Crippen LogP contribution in [-0.4, -0.2) is 61.9 Å². The van der Waals surface area contributed by atoms with Gasteiger partial charge in [-0.2, -0.15) is 0 Å². The van der Waals surface area contributed by atoms with Gasteiger partial charge in [-0.3, -0.25) is 9.59 Å². The summed E-state index contributed by atoms with van der Waals surface area (Å²) >= 11 is 0. The lowest BCUT2D eigenvalue weighted by molar-refractivity contribution is -0.240. The van der Waals surface area contributed by atoms with Crippen molar-refractivity contribution in [1.29, 1.82) is 0 Å². The third-order valence-electron chi connectivity index (χ3n) is 6.28. The number of phenols is 2. The van der Waals surface area contributed by atoms with Gasteiger partial charge in [0.2, 0.25) is 0 Å². The van der Waals surface area contributed by atoms with E-state index in [1.54, 1.807) is 26.0 Å². The summed E-state index contributed by atoms with van der Waals surface area (Å²) in [5.41, 5.74) is -2.57. The van der Waals surface area contributed by atoms with Crippen molar-refractivity contribution in [3.05, 3.63) is 58.1 Å². The summed E-state index contributed by atoms with van der Waals surface area (Å²) in [5.74, 6) is -3.53. The zero-order chi connectivity index (χ0) is 23.2. The minimum Gasteiger partial charge on any atom is -0.507 e. The van der Waals surface area contributed by atoms with Crippen LogP contribution >= 0.6 is 0 Å². The first-order valence-corrected chi connectivity index (χ1v) is 10.1. The van der Waals surface area contributed by atoms with Gasteiger partial charge in [0.15, 0.2) is 23.6 Å². The molecule has 5 atom stereocenters. The van der Waals surface area contributed by atoms with Crippen LogP contribution in [0.1, 0.15) is 64.3 Å². The van der Waals surface area contributed by atoms with Crippen molar-refractivity contribution >= 4 is 11.6 Å². The van der Waals surface area contributed by atoms with Crippen molar-refractivity contribution in [2.75, 3.05) is 0 Å². The Morgan fingerprint density at radius 3 is 2.16 bits per heavy atom. The van der Waals surface area contributed by atoms with Crippen LogP contribution in [0.5, 0.6) is 11.5 Å². The van der Waals surface area contributed by atoms with E-state index in [1.165, 1.54) is 19.1 Å². The third-order valence-corrected chi connectivity index (χ3v) is 6.28. The zero-order valence-corrected chi connectivity index (χ0v) is 17.5. The molecule has 0 amide bonds. The van der Waals surface area contributed by atoms with E-state index in [9.17, 15) is 30.0 Å². The third kappa shape index (κ3) is 2.76. The molecule has 2 aliphatic heterocycles. The van der Waals surface area contributed by atoms with Gasteiger partial charge in [0.25, 0.3) is 0 Å². The lowest BCUT2D eigenvalue weighted by Crippen LogP contribution is -2.48. The Kier molecular flexibility index (Phi) is 4.34. The van der Waals surface area contributed by atoms with E-state index in [-0.39, 0.29) is 22.3 Å². The number of hydrogen-bond donors (Lipinski definition) is 4. The Morgan fingerprint density at radius 2 is 1.56 bits per heavy atom. The van der Waals surface area contributed by atoms with Gasteiger partial charge in [0.05, 0.1) is 11.1 Å². The Balaban J connectivity index is 1.57. The largest absolute Gasteiger partial charge is 0.507 e. The number of aliphatic hydroxyl groups is 2. The van der Waals surface area contributed by atoms with Crippen LogP contribution in [0, 0.1) is 0 Å². The average Bonchev–Trinajstić information content (AvgIpc) is 3.17. The van der Waals surface area contributed by atoms with E-state index in [0.29, 0.717) is 0 Å². The highest BCUT2D eigenvalue weighted by molar-refractivity contribution is 6.30. The number of fused-ring (bicyclic) bond motifs is 3. The molecule has 168 valence electrons. The fraction of sp³-hybridized carbons (Fsp3) is 0.391. The standard InChI is InChI=1S/C23H22O9/c1-22(2)31-20-21(32-22)30-19(23(20,3)29)18(28)11-8-12(24)13-14(17(11)27)16(26)10-7-5-4-6-9(10)15(13)25/h4-8,18-21,24,27-29H,1-3H3/t18-,19-,20+,21+,23-/m1/s1. The van der Waals surface area contributed by atoms with Gasteiger partial charge in [-0.05, 0) is 26.8 Å². The molecule has 0 saturated carbocycles. The van der Waals surface area contributed by atoms with E-state index >= 15 is 0 Å². The number of hydrogen-bond acceptors (Lipinski definition) is 9. The predicted octanol–water partition coefficient (Wildman–Crippen LogP) is 1.53. The summed E-state index contributed by atoms with van der Waals surface area (Å²) in [6.07, 6.45) is -4.88. The van der Waals surface area contributed by atoms with Gasteiger partial charge >= 0.3 is 0 Å². The SMILES string of the molecule is CC1(C)O[C@@H]2O[C@H]([C@H](O)c3cc(O)c4c(c3O)C(=O)c3ccccc3C4=O)[C@@](C)(O)[C@H]2O1. The van der Waals surface area contributed by atoms with Crippen LogP contribution in [-0.2, 0) is 14.2 Å². The van der Waals surface area contributed by atoms with Crippen molar-refractivity contribution < 1.29 is 44.2 Å². The molecule has 3 aliphatic rings. The molecular formula is C23H22O9. The number of aliphatic hydroxyl groups excluding tert-OH is 1. The monoisotopic (exact) mass is 442 g/mol. The molecule has 32 heavy (non-hydrogen) atoms. The molecule has 2 aromatic carbocycles. The van der Waals surface area contributed by atoms with Crippen LogP contribution in [0.25, 0.3) is 0 Å². The average molecular weight is 442 g/mol. The Hall–Kier alpha value is -2.82. The maximum atomic E-state index is 13.1. The lowest BCUT2D eigenvalue weighted by atomic mass is 9.80. The molecule has 0 unspecified atom stereocenters. The molecular weight excluding hydrogens is 420 g/mol. The predicted molar refractivity (Wildman–Crippen MR) is 107 cm³/mol. The second kappa shape index (κ2) is 6.60. The molecule has 2 aromatic rings. The second-order valence-electron chi connectivity index (χ2n) is 8.94. The second-order valence-corrected chi connectivity index (χ2v) is 8.94. The summed E-state index contributed by atoms with van der Waals surface area (Å²) in [4.78, 5) is 25.9. The molecule has 2 heterocycles. The van der Waals surface area contributed by atoms with Crippen molar-refractivity contribution in [2.24, 2.45) is 0 Å². The number of ether oxygens (including phenoxy) is 3. The molecule has 0 aromatic heterocycles. The molecule has 5 rings (SSSR count). The molecule has 0 bridgehead atoms. The van der Waals surface area contributed by atoms with Crippen molar-refractivity contribution in [2.45, 2.75) is 56.8 Å². The molecule has 2 fully saturated rings. The van der Waals surface area contributed by atoms with Crippen molar-refractivity contribution in [1.82, 2.24) is 0 Å². The number of aromatic hydroxyl groups is 2. The first-order valence-electron chi connectivity index (χ1n) is 10.1. The molecule has 2 saturated heterocycles. The highest BCUT2D eigenvalue weighted by Crippen LogP contribution is 2.49. The molecule has 0 spiro atoms. The number of carbonyl (C=O) groups excluding carboxylic acids is 2. The maximum Gasteiger partial charge on any atom is 0.198 e. The molecule has 0 radical (unpaired) electrons. The summed E-state index contributed by atoms with van der Waals surface area (Å²) in [5, 5.41) is 43.6. The molecule has 1 aliphatic carbocycles. The van der Waals surface area contributed by atoms with Crippen LogP contribution in [0.4, 0.5) is 0 Å². The smallest absolute Gasteiger partial charge is 0.198 e.